The Hall–Kier alpha value is -4.31. The molecule has 5 aromatic rings. The maximum absolute atomic E-state index is 14.6. The SMILES string of the molecule is Cc1nn(-c2ccc(=O)[nH]c2)c(C)c1-c1cc(N2CCOC[C@H]2C)nc(-c2cc(F)cc3[nH]ccc23)n1. The lowest BCUT2D eigenvalue weighted by molar-refractivity contribution is 0.0985. The Morgan fingerprint density at radius 2 is 1.97 bits per heavy atom. The number of aromatic amines is 2. The number of aromatic nitrogens is 6. The number of pyridine rings is 1. The number of rotatable bonds is 4. The molecule has 1 aliphatic heterocycles. The molecular formula is C27H26FN7O2. The summed E-state index contributed by atoms with van der Waals surface area (Å²) in [4.78, 5) is 29.4. The van der Waals surface area contributed by atoms with Crippen molar-refractivity contribution in [2.75, 3.05) is 24.7 Å². The van der Waals surface area contributed by atoms with Gasteiger partial charge in [-0.3, -0.25) is 4.79 Å². The standard InChI is InChI=1S/C27H26FN7O2/c1-15-14-37-9-8-34(15)24-12-23(26-16(2)33-35(17(26)3)19-4-5-25(36)30-13-19)31-27(32-24)21-10-18(28)11-22-20(21)6-7-29-22/h4-7,10-13,15,29H,8-9,14H2,1-3H3,(H,30,36)/t15-/m1/s1. The number of aryl methyl sites for hydroxylation is 1. The third-order valence-electron chi connectivity index (χ3n) is 6.81. The van der Waals surface area contributed by atoms with Gasteiger partial charge < -0.3 is 19.6 Å². The number of anilines is 1. The number of hydrogen-bond donors (Lipinski definition) is 2. The lowest BCUT2D eigenvalue weighted by Crippen LogP contribution is -2.44. The van der Waals surface area contributed by atoms with Crippen LogP contribution in [0, 0.1) is 19.7 Å². The van der Waals surface area contributed by atoms with Gasteiger partial charge in [-0.15, -0.1) is 0 Å². The van der Waals surface area contributed by atoms with Gasteiger partial charge in [0.05, 0.1) is 42.0 Å². The predicted molar refractivity (Wildman–Crippen MR) is 140 cm³/mol. The van der Waals surface area contributed by atoms with E-state index in [9.17, 15) is 9.18 Å². The van der Waals surface area contributed by atoms with Gasteiger partial charge in [-0.1, -0.05) is 0 Å². The van der Waals surface area contributed by atoms with Gasteiger partial charge in [-0.25, -0.2) is 19.0 Å². The maximum atomic E-state index is 14.6. The third-order valence-corrected chi connectivity index (χ3v) is 6.81. The average molecular weight is 500 g/mol. The van der Waals surface area contributed by atoms with Crippen molar-refractivity contribution in [1.82, 2.24) is 29.7 Å². The molecule has 0 amide bonds. The number of benzene rings is 1. The van der Waals surface area contributed by atoms with Crippen molar-refractivity contribution >= 4 is 16.7 Å². The summed E-state index contributed by atoms with van der Waals surface area (Å²) in [5.41, 5.74) is 5.05. The van der Waals surface area contributed by atoms with Crippen LogP contribution in [-0.4, -0.2) is 55.5 Å². The smallest absolute Gasteiger partial charge is 0.248 e. The summed E-state index contributed by atoms with van der Waals surface area (Å²) in [5, 5.41) is 5.58. The molecule has 0 bridgehead atoms. The summed E-state index contributed by atoms with van der Waals surface area (Å²) in [7, 11) is 0. The molecule has 0 aliphatic carbocycles. The fraction of sp³-hybridized carbons (Fsp3) is 0.259. The molecule has 1 aliphatic rings. The van der Waals surface area contributed by atoms with Gasteiger partial charge in [0.25, 0.3) is 0 Å². The first kappa shape index (κ1) is 23.1. The van der Waals surface area contributed by atoms with E-state index < -0.39 is 0 Å². The fourth-order valence-corrected chi connectivity index (χ4v) is 5.01. The number of H-pyrrole nitrogens is 2. The summed E-state index contributed by atoms with van der Waals surface area (Å²) in [6, 6.07) is 10.1. The Labute approximate surface area is 212 Å². The highest BCUT2D eigenvalue weighted by molar-refractivity contribution is 5.94. The molecule has 9 nitrogen and oxygen atoms in total. The molecule has 1 atom stereocenters. The second-order valence-electron chi connectivity index (χ2n) is 9.31. The molecule has 37 heavy (non-hydrogen) atoms. The van der Waals surface area contributed by atoms with E-state index in [1.807, 2.05) is 26.0 Å². The Kier molecular flexibility index (Phi) is 5.60. The van der Waals surface area contributed by atoms with Gasteiger partial charge in [0, 0.05) is 53.1 Å². The van der Waals surface area contributed by atoms with Crippen LogP contribution in [0.5, 0.6) is 0 Å². The number of nitrogens with zero attached hydrogens (tertiary/aromatic N) is 5. The molecule has 0 unspecified atom stereocenters. The van der Waals surface area contributed by atoms with Crippen LogP contribution in [0.3, 0.4) is 0 Å². The number of fused-ring (bicyclic) bond motifs is 1. The number of nitrogens with one attached hydrogen (secondary N) is 2. The van der Waals surface area contributed by atoms with Gasteiger partial charge in [0.15, 0.2) is 5.82 Å². The van der Waals surface area contributed by atoms with Crippen LogP contribution in [0.4, 0.5) is 10.2 Å². The van der Waals surface area contributed by atoms with Crippen LogP contribution in [0.15, 0.2) is 53.6 Å². The van der Waals surface area contributed by atoms with Crippen molar-refractivity contribution in [1.29, 1.82) is 0 Å². The maximum Gasteiger partial charge on any atom is 0.248 e. The minimum absolute atomic E-state index is 0.121. The number of hydrogen-bond acceptors (Lipinski definition) is 6. The van der Waals surface area contributed by atoms with Crippen molar-refractivity contribution in [3.8, 4) is 28.3 Å². The Bertz CT molecular complexity index is 1670. The first-order chi connectivity index (χ1) is 17.9. The zero-order valence-electron chi connectivity index (χ0n) is 20.7. The number of morpholine rings is 1. The molecule has 6 rings (SSSR count). The fourth-order valence-electron chi connectivity index (χ4n) is 5.01. The van der Waals surface area contributed by atoms with Gasteiger partial charge in [0.2, 0.25) is 5.56 Å². The molecule has 1 fully saturated rings. The molecule has 188 valence electrons. The first-order valence-corrected chi connectivity index (χ1v) is 12.2. The quantitative estimate of drug-likeness (QED) is 0.385. The van der Waals surface area contributed by atoms with Gasteiger partial charge in [-0.05, 0) is 45.0 Å². The number of halogens is 1. The molecule has 0 spiro atoms. The van der Waals surface area contributed by atoms with Crippen LogP contribution in [0.2, 0.25) is 0 Å². The van der Waals surface area contributed by atoms with E-state index in [1.54, 1.807) is 23.1 Å². The van der Waals surface area contributed by atoms with E-state index in [0.717, 1.165) is 33.8 Å². The highest BCUT2D eigenvalue weighted by Gasteiger charge is 2.25. The highest BCUT2D eigenvalue weighted by atomic mass is 19.1. The summed E-state index contributed by atoms with van der Waals surface area (Å²) in [6.07, 6.45) is 3.41. The van der Waals surface area contributed by atoms with E-state index in [-0.39, 0.29) is 17.4 Å². The lowest BCUT2D eigenvalue weighted by atomic mass is 10.1. The van der Waals surface area contributed by atoms with Crippen molar-refractivity contribution in [2.45, 2.75) is 26.8 Å². The largest absolute Gasteiger partial charge is 0.377 e. The van der Waals surface area contributed by atoms with Crippen LogP contribution < -0.4 is 10.5 Å². The normalized spacial score (nSPS) is 16.0. The summed E-state index contributed by atoms with van der Waals surface area (Å²) < 4.78 is 22.0. The molecule has 10 heteroatoms. The first-order valence-electron chi connectivity index (χ1n) is 12.2. The molecule has 2 N–H and O–H groups in total. The van der Waals surface area contributed by atoms with Crippen molar-refractivity contribution < 1.29 is 9.13 Å². The third kappa shape index (κ3) is 4.09. The van der Waals surface area contributed by atoms with Crippen LogP contribution >= 0.6 is 0 Å². The number of ether oxygens (including phenoxy) is 1. The van der Waals surface area contributed by atoms with Crippen molar-refractivity contribution in [3.05, 3.63) is 76.4 Å². The zero-order valence-corrected chi connectivity index (χ0v) is 20.7. The van der Waals surface area contributed by atoms with E-state index >= 15 is 0 Å². The highest BCUT2D eigenvalue weighted by Crippen LogP contribution is 2.34. The van der Waals surface area contributed by atoms with Crippen LogP contribution in [0.1, 0.15) is 18.3 Å². The molecule has 1 saturated heterocycles. The molecule has 0 saturated carbocycles. The van der Waals surface area contributed by atoms with E-state index in [1.165, 1.54) is 18.2 Å². The molecule has 1 aromatic carbocycles. The van der Waals surface area contributed by atoms with Crippen molar-refractivity contribution in [3.63, 3.8) is 0 Å². The van der Waals surface area contributed by atoms with Gasteiger partial charge >= 0.3 is 0 Å². The van der Waals surface area contributed by atoms with Crippen LogP contribution in [-0.2, 0) is 4.74 Å². The van der Waals surface area contributed by atoms with E-state index in [4.69, 9.17) is 19.8 Å². The monoisotopic (exact) mass is 499 g/mol. The second kappa shape index (κ2) is 8.97. The van der Waals surface area contributed by atoms with Gasteiger partial charge in [-0.2, -0.15) is 5.10 Å². The molecule has 0 radical (unpaired) electrons. The van der Waals surface area contributed by atoms with Crippen LogP contribution in [0.25, 0.3) is 39.2 Å². The summed E-state index contributed by atoms with van der Waals surface area (Å²) in [5.74, 6) is 0.823. The summed E-state index contributed by atoms with van der Waals surface area (Å²) >= 11 is 0. The zero-order chi connectivity index (χ0) is 25.7. The second-order valence-corrected chi connectivity index (χ2v) is 9.31. The predicted octanol–water partition coefficient (Wildman–Crippen LogP) is 4.15. The topological polar surface area (TPSA) is 105 Å². The van der Waals surface area contributed by atoms with Gasteiger partial charge in [0.1, 0.15) is 11.6 Å². The Morgan fingerprint density at radius 1 is 1.11 bits per heavy atom. The minimum Gasteiger partial charge on any atom is -0.377 e. The Morgan fingerprint density at radius 3 is 2.76 bits per heavy atom. The minimum atomic E-state index is -0.363. The molecule has 4 aromatic heterocycles. The summed E-state index contributed by atoms with van der Waals surface area (Å²) in [6.45, 7) is 7.87. The lowest BCUT2D eigenvalue weighted by Gasteiger charge is -2.34. The van der Waals surface area contributed by atoms with E-state index in [2.05, 4.69) is 21.8 Å². The molecule has 5 heterocycles. The van der Waals surface area contributed by atoms with Crippen molar-refractivity contribution in [2.24, 2.45) is 0 Å². The molecular weight excluding hydrogens is 473 g/mol. The van der Waals surface area contributed by atoms with E-state index in [0.29, 0.717) is 42.4 Å². The average Bonchev–Trinajstić information content (AvgIpc) is 3.47. The Balaban J connectivity index is 1.57.